The summed E-state index contributed by atoms with van der Waals surface area (Å²) in [6, 6.07) is 15.7. The first-order valence-electron chi connectivity index (χ1n) is 8.40. The molecule has 1 aliphatic heterocycles. The molecule has 1 aromatic heterocycles. The first kappa shape index (κ1) is 17.4. The molecule has 1 amide bonds. The number of thiophene rings is 1. The average molecular weight is 382 g/mol. The van der Waals surface area contributed by atoms with Crippen molar-refractivity contribution in [2.24, 2.45) is 5.10 Å². The Hall–Kier alpha value is -3.06. The van der Waals surface area contributed by atoms with Crippen LogP contribution in [0.3, 0.4) is 0 Å². The van der Waals surface area contributed by atoms with Crippen LogP contribution in [-0.4, -0.2) is 35.7 Å². The number of rotatable bonds is 4. The van der Waals surface area contributed by atoms with E-state index in [1.54, 1.807) is 12.1 Å². The largest absolute Gasteiger partial charge is 0.451 e. The van der Waals surface area contributed by atoms with E-state index >= 15 is 0 Å². The highest BCUT2D eigenvalue weighted by Gasteiger charge is 2.23. The fraction of sp³-hybridized carbons (Fsp3) is 0.150. The lowest BCUT2D eigenvalue weighted by molar-refractivity contribution is -0.134. The Bertz CT molecular complexity index is 1050. The van der Waals surface area contributed by atoms with Gasteiger partial charge >= 0.3 is 5.97 Å². The number of carbonyl (C=O) groups excluding carboxylic acids is 2. The number of fused-ring (bicyclic) bond motifs is 1. The van der Waals surface area contributed by atoms with E-state index in [0.717, 1.165) is 22.6 Å². The average Bonchev–Trinajstić information content (AvgIpc) is 3.35. The fourth-order valence-corrected chi connectivity index (χ4v) is 3.84. The maximum absolute atomic E-state index is 13.7. The summed E-state index contributed by atoms with van der Waals surface area (Å²) in [6.45, 7) is 0.0514. The van der Waals surface area contributed by atoms with Gasteiger partial charge in [0.1, 0.15) is 10.7 Å². The number of ether oxygens (including phenoxy) is 1. The Morgan fingerprint density at radius 1 is 1.15 bits per heavy atom. The molecule has 2 heterocycles. The maximum atomic E-state index is 13.7. The molecule has 27 heavy (non-hydrogen) atoms. The van der Waals surface area contributed by atoms with Gasteiger partial charge in [0.05, 0.1) is 12.3 Å². The lowest BCUT2D eigenvalue weighted by Crippen LogP contribution is -2.28. The highest BCUT2D eigenvalue weighted by molar-refractivity contribution is 7.20. The molecule has 5 nitrogen and oxygen atoms in total. The maximum Gasteiger partial charge on any atom is 0.348 e. The molecule has 0 bridgehead atoms. The normalized spacial score (nSPS) is 13.7. The molecule has 0 spiro atoms. The molecule has 0 saturated carbocycles. The first-order chi connectivity index (χ1) is 13.1. The van der Waals surface area contributed by atoms with Gasteiger partial charge in [-0.15, -0.1) is 11.3 Å². The van der Waals surface area contributed by atoms with Crippen LogP contribution in [0.4, 0.5) is 4.39 Å². The van der Waals surface area contributed by atoms with Gasteiger partial charge in [-0.05, 0) is 23.8 Å². The predicted molar refractivity (Wildman–Crippen MR) is 101 cm³/mol. The van der Waals surface area contributed by atoms with Gasteiger partial charge in [0.25, 0.3) is 5.91 Å². The Kier molecular flexibility index (Phi) is 4.68. The smallest absolute Gasteiger partial charge is 0.348 e. The highest BCUT2D eigenvalue weighted by Crippen LogP contribution is 2.28. The molecule has 7 heteroatoms. The third kappa shape index (κ3) is 3.59. The van der Waals surface area contributed by atoms with Crippen LogP contribution in [0.5, 0.6) is 0 Å². The molecule has 0 aliphatic carbocycles. The van der Waals surface area contributed by atoms with Gasteiger partial charge in [0, 0.05) is 16.5 Å². The van der Waals surface area contributed by atoms with Crippen molar-refractivity contribution >= 4 is 39.0 Å². The summed E-state index contributed by atoms with van der Waals surface area (Å²) >= 11 is 1.13. The summed E-state index contributed by atoms with van der Waals surface area (Å²) < 4.78 is 19.5. The topological polar surface area (TPSA) is 59.0 Å². The number of esters is 1. The van der Waals surface area contributed by atoms with E-state index in [2.05, 4.69) is 5.10 Å². The van der Waals surface area contributed by atoms with Crippen LogP contribution < -0.4 is 0 Å². The van der Waals surface area contributed by atoms with Gasteiger partial charge in [-0.25, -0.2) is 14.2 Å². The van der Waals surface area contributed by atoms with E-state index in [4.69, 9.17) is 4.74 Å². The van der Waals surface area contributed by atoms with Crippen LogP contribution in [0.25, 0.3) is 10.1 Å². The van der Waals surface area contributed by atoms with Gasteiger partial charge in [0.2, 0.25) is 0 Å². The second kappa shape index (κ2) is 7.28. The second-order valence-electron chi connectivity index (χ2n) is 6.02. The van der Waals surface area contributed by atoms with E-state index in [9.17, 15) is 14.0 Å². The molecule has 4 rings (SSSR count). The minimum atomic E-state index is -0.643. The summed E-state index contributed by atoms with van der Waals surface area (Å²) in [6.07, 6.45) is 0.652. The zero-order valence-corrected chi connectivity index (χ0v) is 15.0. The molecule has 0 atom stereocenters. The molecule has 1 aliphatic rings. The predicted octanol–water partition coefficient (Wildman–Crippen LogP) is 3.83. The quantitative estimate of drug-likeness (QED) is 0.645. The van der Waals surface area contributed by atoms with Crippen LogP contribution >= 0.6 is 11.3 Å². The number of hydrogen-bond acceptors (Lipinski definition) is 5. The van der Waals surface area contributed by atoms with Crippen LogP contribution in [-0.2, 0) is 9.53 Å². The number of nitrogens with zero attached hydrogens (tertiary/aromatic N) is 2. The zero-order valence-electron chi connectivity index (χ0n) is 14.2. The van der Waals surface area contributed by atoms with Gasteiger partial charge < -0.3 is 4.74 Å². The van der Waals surface area contributed by atoms with Crippen LogP contribution in [0.2, 0.25) is 0 Å². The summed E-state index contributed by atoms with van der Waals surface area (Å²) in [5.74, 6) is -1.42. The lowest BCUT2D eigenvalue weighted by atomic mass is 10.1. The molecule has 3 aromatic rings. The van der Waals surface area contributed by atoms with E-state index in [1.807, 2.05) is 30.3 Å². The summed E-state index contributed by atoms with van der Waals surface area (Å²) in [4.78, 5) is 24.7. The molecular weight excluding hydrogens is 367 g/mol. The van der Waals surface area contributed by atoms with Gasteiger partial charge in [0.15, 0.2) is 6.61 Å². The van der Waals surface area contributed by atoms with Crippen LogP contribution in [0.1, 0.15) is 21.7 Å². The van der Waals surface area contributed by atoms with Crippen LogP contribution in [0.15, 0.2) is 59.7 Å². The Balaban J connectivity index is 1.39. The van der Waals surface area contributed by atoms with Gasteiger partial charge in [-0.3, -0.25) is 4.79 Å². The molecule has 0 radical (unpaired) electrons. The summed E-state index contributed by atoms with van der Waals surface area (Å²) in [7, 11) is 0. The van der Waals surface area contributed by atoms with Crippen molar-refractivity contribution in [1.82, 2.24) is 5.01 Å². The Morgan fingerprint density at radius 3 is 2.74 bits per heavy atom. The van der Waals surface area contributed by atoms with E-state index < -0.39 is 18.4 Å². The van der Waals surface area contributed by atoms with E-state index in [1.165, 1.54) is 17.1 Å². The van der Waals surface area contributed by atoms with Gasteiger partial charge in [-0.1, -0.05) is 36.4 Å². The number of benzene rings is 2. The fourth-order valence-electron chi connectivity index (χ4n) is 2.87. The molecule has 0 N–H and O–H groups in total. The Labute approximate surface area is 158 Å². The first-order valence-corrected chi connectivity index (χ1v) is 9.22. The van der Waals surface area contributed by atoms with Crippen LogP contribution in [0, 0.1) is 5.82 Å². The van der Waals surface area contributed by atoms with E-state index in [-0.39, 0.29) is 10.8 Å². The lowest BCUT2D eigenvalue weighted by Gasteiger charge is -2.11. The third-order valence-corrected chi connectivity index (χ3v) is 5.31. The number of hydrazone groups is 1. The van der Waals surface area contributed by atoms with Crippen molar-refractivity contribution in [3.05, 3.63) is 70.9 Å². The van der Waals surface area contributed by atoms with Crippen molar-refractivity contribution in [2.45, 2.75) is 6.42 Å². The summed E-state index contributed by atoms with van der Waals surface area (Å²) in [5.41, 5.74) is 1.80. The summed E-state index contributed by atoms with van der Waals surface area (Å²) in [5, 5.41) is 6.01. The minimum Gasteiger partial charge on any atom is -0.451 e. The molecule has 136 valence electrons. The standard InChI is InChI=1S/C20H15FN2O3S/c21-15-7-4-8-17-14(15)11-18(27-17)20(25)26-12-19(24)23-10-9-16(22-23)13-5-2-1-3-6-13/h1-8,11H,9-10,12H2. The minimum absolute atomic E-state index is 0.262. The van der Waals surface area contributed by atoms with Crippen molar-refractivity contribution in [2.75, 3.05) is 13.2 Å². The number of carbonyl (C=O) groups is 2. The van der Waals surface area contributed by atoms with Crippen molar-refractivity contribution < 1.29 is 18.7 Å². The highest BCUT2D eigenvalue weighted by atomic mass is 32.1. The zero-order chi connectivity index (χ0) is 18.8. The molecular formula is C20H15FN2O3S. The Morgan fingerprint density at radius 2 is 1.96 bits per heavy atom. The number of halogens is 1. The van der Waals surface area contributed by atoms with E-state index in [0.29, 0.717) is 23.1 Å². The number of hydrogen-bond donors (Lipinski definition) is 0. The monoisotopic (exact) mass is 382 g/mol. The molecule has 2 aromatic carbocycles. The molecule has 0 fully saturated rings. The van der Waals surface area contributed by atoms with Crippen molar-refractivity contribution in [3.63, 3.8) is 0 Å². The third-order valence-electron chi connectivity index (χ3n) is 4.23. The molecule has 0 unspecified atom stereocenters. The SMILES string of the molecule is O=C(OCC(=O)N1CCC(c2ccccc2)=N1)c1cc2c(F)cccc2s1. The van der Waals surface area contributed by atoms with Gasteiger partial charge in [-0.2, -0.15) is 5.10 Å². The van der Waals surface area contributed by atoms with Crippen molar-refractivity contribution in [1.29, 1.82) is 0 Å². The second-order valence-corrected chi connectivity index (χ2v) is 7.10. The molecule has 0 saturated heterocycles. The number of amides is 1. The van der Waals surface area contributed by atoms with Crippen molar-refractivity contribution in [3.8, 4) is 0 Å².